The Bertz CT molecular complexity index is 1600. The average Bonchev–Trinajstić information content (AvgIpc) is 3.78. The number of aromatic hydroxyl groups is 1. The summed E-state index contributed by atoms with van der Waals surface area (Å²) in [4.78, 5) is 60.1. The maximum Gasteiger partial charge on any atom is 0.234 e. The number of thiophene rings is 2. The lowest BCUT2D eigenvalue weighted by atomic mass is 9.57. The van der Waals surface area contributed by atoms with Gasteiger partial charge in [-0.1, -0.05) is 35.9 Å². The molecular weight excluding hydrogens is 572 g/mol. The number of allylic oxidation sites excluding steroid dienone is 2. The van der Waals surface area contributed by atoms with E-state index in [1.807, 2.05) is 48.0 Å². The van der Waals surface area contributed by atoms with Crippen molar-refractivity contribution in [2.75, 3.05) is 6.61 Å². The summed E-state index contributed by atoms with van der Waals surface area (Å²) in [6, 6.07) is 12.8. The predicted molar refractivity (Wildman–Crippen MR) is 157 cm³/mol. The van der Waals surface area contributed by atoms with Gasteiger partial charge in [-0.15, -0.1) is 22.7 Å². The molecule has 0 unspecified atom stereocenters. The van der Waals surface area contributed by atoms with Crippen LogP contribution in [-0.4, -0.2) is 45.1 Å². The molecule has 1 N–H and O–H groups in total. The first-order chi connectivity index (χ1) is 20.4. The van der Waals surface area contributed by atoms with Crippen molar-refractivity contribution in [3.63, 3.8) is 0 Å². The standard InChI is InChI=1S/C32H30N2O6S2/c1-2-40-24-9-3-8-20(28(24)35)25-19-10-11-21-26(31(38)33(29(21)36)15-17-6-4-12-41-17)22(19)14-23-27(25)32(39)34(30(23)37)16-18-7-5-13-42-18/h3-10,12-13,21-23,25-27,35H,2,11,14-16H2,1H3/t21-,22+,23+,25+,26-,27+/m0/s1. The largest absolute Gasteiger partial charge is 0.504 e. The highest BCUT2D eigenvalue weighted by Gasteiger charge is 2.62. The fourth-order valence-electron chi connectivity index (χ4n) is 7.56. The van der Waals surface area contributed by atoms with Gasteiger partial charge in [0.05, 0.1) is 43.4 Å². The molecule has 2 aromatic heterocycles. The van der Waals surface area contributed by atoms with Gasteiger partial charge in [-0.3, -0.25) is 29.0 Å². The van der Waals surface area contributed by atoms with Crippen molar-refractivity contribution < 1.29 is 29.0 Å². The van der Waals surface area contributed by atoms with Gasteiger partial charge in [-0.2, -0.15) is 0 Å². The van der Waals surface area contributed by atoms with Gasteiger partial charge in [0.15, 0.2) is 11.5 Å². The second kappa shape index (κ2) is 10.5. The Morgan fingerprint density at radius 2 is 1.45 bits per heavy atom. The van der Waals surface area contributed by atoms with Crippen LogP contribution in [-0.2, 0) is 32.3 Å². The number of likely N-dealkylation sites (tertiary alicyclic amines) is 2. The summed E-state index contributed by atoms with van der Waals surface area (Å²) < 4.78 is 5.68. The summed E-state index contributed by atoms with van der Waals surface area (Å²) in [5, 5.41) is 15.2. The molecule has 6 atom stereocenters. The minimum Gasteiger partial charge on any atom is -0.504 e. The third-order valence-corrected chi connectivity index (χ3v) is 11.0. The molecule has 2 aliphatic carbocycles. The van der Waals surface area contributed by atoms with Crippen LogP contribution >= 0.6 is 22.7 Å². The maximum absolute atomic E-state index is 14.1. The number of carbonyl (C=O) groups excluding carboxylic acids is 4. The van der Waals surface area contributed by atoms with Gasteiger partial charge in [0.25, 0.3) is 0 Å². The summed E-state index contributed by atoms with van der Waals surface area (Å²) in [6.07, 6.45) is 2.69. The molecule has 0 spiro atoms. The van der Waals surface area contributed by atoms with Crippen LogP contribution in [0.15, 0.2) is 64.9 Å². The Kier molecular flexibility index (Phi) is 6.78. The number of ether oxygens (including phenoxy) is 1. The van der Waals surface area contributed by atoms with Crippen LogP contribution in [0, 0.1) is 29.6 Å². The SMILES string of the molecule is CCOc1cccc([C@H]2C3=CC[C@@H]4C(=O)N(Cc5cccs5)C(=O)[C@@H]4[C@@H]3C[C@H]3C(=O)N(Cc4cccs4)C(=O)[C@@H]23)c1O. The number of hydrogen-bond acceptors (Lipinski definition) is 8. The summed E-state index contributed by atoms with van der Waals surface area (Å²) in [7, 11) is 0. The molecule has 4 amide bonds. The first kappa shape index (κ1) is 27.1. The van der Waals surface area contributed by atoms with E-state index in [9.17, 15) is 24.3 Å². The quantitative estimate of drug-likeness (QED) is 0.303. The lowest BCUT2D eigenvalue weighted by Crippen LogP contribution is -2.43. The predicted octanol–water partition coefficient (Wildman–Crippen LogP) is 4.95. The van der Waals surface area contributed by atoms with Crippen molar-refractivity contribution in [3.8, 4) is 11.5 Å². The zero-order valence-electron chi connectivity index (χ0n) is 23.0. The van der Waals surface area contributed by atoms with E-state index < -0.39 is 35.5 Å². The van der Waals surface area contributed by atoms with Crippen LogP contribution in [0.3, 0.4) is 0 Å². The van der Waals surface area contributed by atoms with Crippen molar-refractivity contribution in [2.45, 2.75) is 38.8 Å². The van der Waals surface area contributed by atoms with E-state index >= 15 is 0 Å². The maximum atomic E-state index is 14.1. The molecule has 3 fully saturated rings. The Morgan fingerprint density at radius 1 is 0.810 bits per heavy atom. The minimum absolute atomic E-state index is 0.0584. The van der Waals surface area contributed by atoms with Crippen molar-refractivity contribution in [1.29, 1.82) is 0 Å². The lowest BCUT2D eigenvalue weighted by molar-refractivity contribution is -0.142. The van der Waals surface area contributed by atoms with Gasteiger partial charge >= 0.3 is 0 Å². The highest BCUT2D eigenvalue weighted by Crippen LogP contribution is 2.59. The Labute approximate surface area is 251 Å². The number of phenolic OH excluding ortho intramolecular Hbond substituents is 1. The van der Waals surface area contributed by atoms with Crippen LogP contribution in [0.1, 0.15) is 41.0 Å². The number of rotatable bonds is 7. The number of carbonyl (C=O) groups is 4. The van der Waals surface area contributed by atoms with E-state index in [0.29, 0.717) is 30.8 Å². The average molecular weight is 603 g/mol. The monoisotopic (exact) mass is 602 g/mol. The molecule has 1 saturated carbocycles. The van der Waals surface area contributed by atoms with Crippen LogP contribution in [0.2, 0.25) is 0 Å². The first-order valence-corrected chi connectivity index (χ1v) is 16.0. The van der Waals surface area contributed by atoms with Crippen molar-refractivity contribution in [3.05, 3.63) is 80.2 Å². The van der Waals surface area contributed by atoms with E-state index in [4.69, 9.17) is 4.74 Å². The molecule has 216 valence electrons. The van der Waals surface area contributed by atoms with Gasteiger partial charge in [0.1, 0.15) is 0 Å². The highest BCUT2D eigenvalue weighted by atomic mass is 32.1. The normalized spacial score (nSPS) is 28.5. The van der Waals surface area contributed by atoms with Gasteiger partial charge < -0.3 is 9.84 Å². The fourth-order valence-corrected chi connectivity index (χ4v) is 8.94. The van der Waals surface area contributed by atoms with E-state index in [-0.39, 0.29) is 42.5 Å². The zero-order chi connectivity index (χ0) is 29.1. The number of nitrogens with zero attached hydrogens (tertiary/aromatic N) is 2. The van der Waals surface area contributed by atoms with Gasteiger partial charge in [0.2, 0.25) is 23.6 Å². The third-order valence-electron chi connectivity index (χ3n) is 9.28. The number of phenols is 1. The number of hydrogen-bond donors (Lipinski definition) is 1. The Balaban J connectivity index is 1.31. The van der Waals surface area contributed by atoms with Crippen LogP contribution < -0.4 is 4.74 Å². The highest BCUT2D eigenvalue weighted by molar-refractivity contribution is 7.10. The molecular formula is C32H30N2O6S2. The molecule has 2 aliphatic heterocycles. The lowest BCUT2D eigenvalue weighted by Gasteiger charge is -2.44. The zero-order valence-corrected chi connectivity index (χ0v) is 24.6. The molecule has 0 radical (unpaired) electrons. The second-order valence-corrected chi connectivity index (χ2v) is 13.4. The van der Waals surface area contributed by atoms with E-state index in [2.05, 4.69) is 0 Å². The number of fused-ring (bicyclic) bond motifs is 4. The van der Waals surface area contributed by atoms with Crippen LogP contribution in [0.5, 0.6) is 11.5 Å². The molecule has 4 heterocycles. The number of para-hydroxylation sites is 1. The molecule has 0 bridgehead atoms. The molecule has 10 heteroatoms. The van der Waals surface area contributed by atoms with Gasteiger partial charge in [-0.25, -0.2) is 0 Å². The smallest absolute Gasteiger partial charge is 0.234 e. The van der Waals surface area contributed by atoms with Crippen molar-refractivity contribution in [2.24, 2.45) is 29.6 Å². The topological polar surface area (TPSA) is 104 Å². The van der Waals surface area contributed by atoms with Crippen LogP contribution in [0.25, 0.3) is 0 Å². The summed E-state index contributed by atoms with van der Waals surface area (Å²) in [6.45, 7) is 2.62. The summed E-state index contributed by atoms with van der Waals surface area (Å²) in [5.41, 5.74) is 1.37. The molecule has 8 nitrogen and oxygen atoms in total. The molecule has 3 aromatic rings. The molecule has 42 heavy (non-hydrogen) atoms. The van der Waals surface area contributed by atoms with E-state index in [0.717, 1.165) is 15.3 Å². The molecule has 2 saturated heterocycles. The third kappa shape index (κ3) is 4.14. The van der Waals surface area contributed by atoms with E-state index in [1.54, 1.807) is 18.2 Å². The number of benzene rings is 1. The van der Waals surface area contributed by atoms with Gasteiger partial charge in [-0.05, 0) is 54.6 Å². The summed E-state index contributed by atoms with van der Waals surface area (Å²) in [5.74, 6) is -4.15. The van der Waals surface area contributed by atoms with Crippen molar-refractivity contribution in [1.82, 2.24) is 9.80 Å². The van der Waals surface area contributed by atoms with E-state index in [1.165, 1.54) is 32.5 Å². The molecule has 1 aromatic carbocycles. The number of amides is 4. The molecule has 7 rings (SSSR count). The second-order valence-electron chi connectivity index (χ2n) is 11.3. The Morgan fingerprint density at radius 3 is 2.07 bits per heavy atom. The number of imide groups is 2. The minimum atomic E-state index is -0.714. The first-order valence-electron chi connectivity index (χ1n) is 14.3. The Hall–Kier alpha value is -3.76. The molecule has 4 aliphatic rings. The summed E-state index contributed by atoms with van der Waals surface area (Å²) >= 11 is 2.99. The van der Waals surface area contributed by atoms with Crippen molar-refractivity contribution >= 4 is 46.3 Å². The van der Waals surface area contributed by atoms with Crippen LogP contribution in [0.4, 0.5) is 0 Å². The fraction of sp³-hybridized carbons (Fsp3) is 0.375. The van der Waals surface area contributed by atoms with Gasteiger partial charge in [0, 0.05) is 21.2 Å².